The molecule has 2 heterocycles. The second kappa shape index (κ2) is 7.17. The lowest BCUT2D eigenvalue weighted by atomic mass is 10.00. The summed E-state index contributed by atoms with van der Waals surface area (Å²) in [5.41, 5.74) is 12.6. The molecule has 0 unspecified atom stereocenters. The van der Waals surface area contributed by atoms with E-state index in [4.69, 9.17) is 22.3 Å². The molecule has 0 aliphatic heterocycles. The minimum atomic E-state index is 0.267. The SMILES string of the molecule is Cc1cc(-c2ccc(Cl)cc2)cc(-c2cccc(-c3cnc(N)nc3)c2)n1. The van der Waals surface area contributed by atoms with E-state index in [1.807, 2.05) is 43.3 Å². The number of hydrogen-bond acceptors (Lipinski definition) is 4. The highest BCUT2D eigenvalue weighted by molar-refractivity contribution is 6.30. The normalized spacial score (nSPS) is 10.7. The zero-order chi connectivity index (χ0) is 18.8. The first-order valence-corrected chi connectivity index (χ1v) is 8.89. The van der Waals surface area contributed by atoms with Crippen LogP contribution in [0.15, 0.2) is 73.1 Å². The monoisotopic (exact) mass is 372 g/mol. The highest BCUT2D eigenvalue weighted by atomic mass is 35.5. The largest absolute Gasteiger partial charge is 0.368 e. The molecule has 5 heteroatoms. The van der Waals surface area contributed by atoms with E-state index in [-0.39, 0.29) is 5.95 Å². The molecule has 0 spiro atoms. The van der Waals surface area contributed by atoms with Crippen molar-refractivity contribution in [3.63, 3.8) is 0 Å². The number of anilines is 1. The fraction of sp³-hybridized carbons (Fsp3) is 0.0455. The number of pyridine rings is 1. The van der Waals surface area contributed by atoms with E-state index in [1.54, 1.807) is 12.4 Å². The Kier molecular flexibility index (Phi) is 4.57. The van der Waals surface area contributed by atoms with Gasteiger partial charge in [0.05, 0.1) is 5.69 Å². The molecule has 27 heavy (non-hydrogen) atoms. The molecule has 2 aromatic heterocycles. The average Bonchev–Trinajstić information content (AvgIpc) is 2.69. The number of aromatic nitrogens is 3. The summed E-state index contributed by atoms with van der Waals surface area (Å²) >= 11 is 6.01. The summed E-state index contributed by atoms with van der Waals surface area (Å²) in [7, 11) is 0. The Balaban J connectivity index is 1.76. The van der Waals surface area contributed by atoms with Gasteiger partial charge in [-0.2, -0.15) is 0 Å². The molecule has 4 rings (SSSR count). The van der Waals surface area contributed by atoms with Gasteiger partial charge in [0.25, 0.3) is 0 Å². The third-order valence-corrected chi connectivity index (χ3v) is 4.55. The maximum absolute atomic E-state index is 6.01. The molecule has 2 aromatic carbocycles. The van der Waals surface area contributed by atoms with Crippen molar-refractivity contribution >= 4 is 17.5 Å². The van der Waals surface area contributed by atoms with E-state index in [9.17, 15) is 0 Å². The summed E-state index contributed by atoms with van der Waals surface area (Å²) in [4.78, 5) is 12.9. The molecule has 0 amide bonds. The summed E-state index contributed by atoms with van der Waals surface area (Å²) < 4.78 is 0. The fourth-order valence-electron chi connectivity index (χ4n) is 2.97. The standard InChI is InChI=1S/C22H17ClN4/c1-14-9-18(15-5-7-20(23)8-6-15)11-21(27-14)17-4-2-3-16(10-17)19-12-25-22(24)26-13-19/h2-13H,1H3,(H2,24,25,26). The van der Waals surface area contributed by atoms with E-state index in [0.717, 1.165) is 44.2 Å². The summed E-state index contributed by atoms with van der Waals surface area (Å²) in [6.45, 7) is 2.00. The highest BCUT2D eigenvalue weighted by Gasteiger charge is 2.07. The summed E-state index contributed by atoms with van der Waals surface area (Å²) in [6.07, 6.45) is 3.45. The number of rotatable bonds is 3. The number of nitrogen functional groups attached to an aromatic ring is 1. The maximum Gasteiger partial charge on any atom is 0.219 e. The van der Waals surface area contributed by atoms with Crippen molar-refractivity contribution in [2.45, 2.75) is 6.92 Å². The molecule has 0 radical (unpaired) electrons. The minimum Gasteiger partial charge on any atom is -0.368 e. The smallest absolute Gasteiger partial charge is 0.219 e. The Morgan fingerprint density at radius 2 is 1.44 bits per heavy atom. The molecule has 0 saturated carbocycles. The van der Waals surface area contributed by atoms with Gasteiger partial charge in [-0.1, -0.05) is 41.9 Å². The number of nitrogens with two attached hydrogens (primary N) is 1. The van der Waals surface area contributed by atoms with Crippen molar-refractivity contribution in [3.05, 3.63) is 83.8 Å². The predicted molar refractivity (Wildman–Crippen MR) is 110 cm³/mol. The summed E-state index contributed by atoms with van der Waals surface area (Å²) in [5, 5.41) is 0.725. The summed E-state index contributed by atoms with van der Waals surface area (Å²) in [5.74, 6) is 0.267. The van der Waals surface area contributed by atoms with Crippen LogP contribution < -0.4 is 5.73 Å². The fourth-order valence-corrected chi connectivity index (χ4v) is 3.10. The molecular weight excluding hydrogens is 356 g/mol. The van der Waals surface area contributed by atoms with E-state index < -0.39 is 0 Å². The summed E-state index contributed by atoms with van der Waals surface area (Å²) in [6, 6.07) is 20.2. The molecule has 4 aromatic rings. The number of benzene rings is 2. The van der Waals surface area contributed by atoms with Crippen LogP contribution in [0.2, 0.25) is 5.02 Å². The van der Waals surface area contributed by atoms with E-state index in [0.29, 0.717) is 0 Å². The average molecular weight is 373 g/mol. The predicted octanol–water partition coefficient (Wildman–Crippen LogP) is 5.42. The molecule has 0 aliphatic carbocycles. The Labute approximate surface area is 162 Å². The third-order valence-electron chi connectivity index (χ3n) is 4.29. The molecule has 4 nitrogen and oxygen atoms in total. The van der Waals surface area contributed by atoms with Gasteiger partial charge in [0, 0.05) is 34.2 Å². The number of aryl methyl sites for hydroxylation is 1. The van der Waals surface area contributed by atoms with Crippen molar-refractivity contribution in [1.29, 1.82) is 0 Å². The lowest BCUT2D eigenvalue weighted by Crippen LogP contribution is -1.94. The van der Waals surface area contributed by atoms with Crippen LogP contribution in [-0.2, 0) is 0 Å². The first-order chi connectivity index (χ1) is 13.1. The van der Waals surface area contributed by atoms with Crippen LogP contribution in [-0.4, -0.2) is 15.0 Å². The van der Waals surface area contributed by atoms with Crippen molar-refractivity contribution in [3.8, 4) is 33.5 Å². The quantitative estimate of drug-likeness (QED) is 0.521. The molecule has 0 atom stereocenters. The van der Waals surface area contributed by atoms with Crippen LogP contribution in [0.3, 0.4) is 0 Å². The van der Waals surface area contributed by atoms with E-state index in [1.165, 1.54) is 0 Å². The van der Waals surface area contributed by atoms with Gasteiger partial charge >= 0.3 is 0 Å². The van der Waals surface area contributed by atoms with Crippen molar-refractivity contribution in [2.75, 3.05) is 5.73 Å². The highest BCUT2D eigenvalue weighted by Crippen LogP contribution is 2.29. The lowest BCUT2D eigenvalue weighted by molar-refractivity contribution is 1.19. The molecular formula is C22H17ClN4. The van der Waals surface area contributed by atoms with Crippen LogP contribution in [0, 0.1) is 6.92 Å². The van der Waals surface area contributed by atoms with E-state index >= 15 is 0 Å². The van der Waals surface area contributed by atoms with Crippen LogP contribution in [0.4, 0.5) is 5.95 Å². The Morgan fingerprint density at radius 1 is 0.741 bits per heavy atom. The zero-order valence-electron chi connectivity index (χ0n) is 14.7. The molecule has 0 saturated heterocycles. The Hall–Kier alpha value is -3.24. The van der Waals surface area contributed by atoms with Crippen molar-refractivity contribution in [1.82, 2.24) is 15.0 Å². The molecule has 0 aliphatic rings. The van der Waals surface area contributed by atoms with Crippen LogP contribution in [0.1, 0.15) is 5.69 Å². The molecule has 0 bridgehead atoms. The molecule has 132 valence electrons. The Morgan fingerprint density at radius 3 is 2.19 bits per heavy atom. The maximum atomic E-state index is 6.01. The number of halogens is 1. The van der Waals surface area contributed by atoms with Crippen LogP contribution in [0.5, 0.6) is 0 Å². The van der Waals surface area contributed by atoms with Gasteiger partial charge in [-0.15, -0.1) is 0 Å². The van der Waals surface area contributed by atoms with Gasteiger partial charge in [0.2, 0.25) is 5.95 Å². The number of hydrogen-bond donors (Lipinski definition) is 1. The van der Waals surface area contributed by atoms with Crippen LogP contribution in [0.25, 0.3) is 33.5 Å². The second-order valence-corrected chi connectivity index (χ2v) is 6.74. The molecule has 2 N–H and O–H groups in total. The van der Waals surface area contributed by atoms with Gasteiger partial charge < -0.3 is 5.73 Å². The molecule has 0 fully saturated rings. The zero-order valence-corrected chi connectivity index (χ0v) is 15.5. The minimum absolute atomic E-state index is 0.267. The van der Waals surface area contributed by atoms with Gasteiger partial charge in [-0.3, -0.25) is 4.98 Å². The Bertz CT molecular complexity index is 1090. The number of nitrogens with zero attached hydrogens (tertiary/aromatic N) is 3. The first kappa shape index (κ1) is 17.2. The third kappa shape index (κ3) is 3.81. The topological polar surface area (TPSA) is 64.7 Å². The van der Waals surface area contributed by atoms with Gasteiger partial charge in [-0.25, -0.2) is 9.97 Å². The van der Waals surface area contributed by atoms with Gasteiger partial charge in [0.15, 0.2) is 0 Å². The van der Waals surface area contributed by atoms with Crippen LogP contribution >= 0.6 is 11.6 Å². The van der Waals surface area contributed by atoms with Gasteiger partial charge in [0.1, 0.15) is 0 Å². The van der Waals surface area contributed by atoms with Crippen molar-refractivity contribution < 1.29 is 0 Å². The van der Waals surface area contributed by atoms with Crippen molar-refractivity contribution in [2.24, 2.45) is 0 Å². The van der Waals surface area contributed by atoms with E-state index in [2.05, 4.69) is 34.2 Å². The van der Waals surface area contributed by atoms with Gasteiger partial charge in [-0.05, 0) is 53.9 Å². The first-order valence-electron chi connectivity index (χ1n) is 8.51. The lowest BCUT2D eigenvalue weighted by Gasteiger charge is -2.09. The second-order valence-electron chi connectivity index (χ2n) is 6.30.